The van der Waals surface area contributed by atoms with Crippen LogP contribution in [-0.4, -0.2) is 6.09 Å². The van der Waals surface area contributed by atoms with Crippen LogP contribution in [0, 0.1) is 5.82 Å². The van der Waals surface area contributed by atoms with Gasteiger partial charge in [0, 0.05) is 10.0 Å². The third kappa shape index (κ3) is 3.55. The first-order chi connectivity index (χ1) is 11.1. The summed E-state index contributed by atoms with van der Waals surface area (Å²) in [5.41, 5.74) is 0.780. The molecule has 1 fully saturated rings. The maximum Gasteiger partial charge on any atom is 0.408 e. The summed E-state index contributed by atoms with van der Waals surface area (Å²) < 4.78 is 20.2. The smallest absolute Gasteiger partial charge is 0.408 e. The van der Waals surface area contributed by atoms with E-state index in [1.165, 1.54) is 6.07 Å². The lowest BCUT2D eigenvalue weighted by molar-refractivity contribution is 0.104. The Bertz CT molecular complexity index is 701. The highest BCUT2D eigenvalue weighted by Gasteiger charge is 2.42. The second kappa shape index (κ2) is 6.71. The summed E-state index contributed by atoms with van der Waals surface area (Å²) in [5, 5.41) is 2.86. The van der Waals surface area contributed by atoms with Gasteiger partial charge in [-0.1, -0.05) is 52.3 Å². The molecule has 120 valence electrons. The molecule has 3 nitrogen and oxygen atoms in total. The number of carbonyl (C=O) groups is 1. The van der Waals surface area contributed by atoms with Crippen LogP contribution in [0.4, 0.5) is 9.18 Å². The van der Waals surface area contributed by atoms with E-state index in [0.29, 0.717) is 22.9 Å². The van der Waals surface area contributed by atoms with E-state index in [2.05, 4.69) is 21.2 Å². The molecule has 1 amide bonds. The summed E-state index contributed by atoms with van der Waals surface area (Å²) in [6.07, 6.45) is 1.86. The molecular formula is C18H17BrFNO2. The lowest BCUT2D eigenvalue weighted by Crippen LogP contribution is -2.51. The van der Waals surface area contributed by atoms with Gasteiger partial charge in [-0.3, -0.25) is 0 Å². The molecule has 0 saturated heterocycles. The Labute approximate surface area is 143 Å². The molecule has 0 heterocycles. The second-order valence-corrected chi connectivity index (χ2v) is 6.66. The first-order valence-corrected chi connectivity index (χ1v) is 8.33. The molecule has 2 aromatic carbocycles. The minimum Gasteiger partial charge on any atom is -0.445 e. The molecule has 1 aliphatic carbocycles. The van der Waals surface area contributed by atoms with E-state index in [-0.39, 0.29) is 12.4 Å². The Morgan fingerprint density at radius 2 is 1.96 bits per heavy atom. The molecule has 5 heteroatoms. The largest absolute Gasteiger partial charge is 0.445 e. The predicted octanol–water partition coefficient (Wildman–Crippen LogP) is 4.89. The first kappa shape index (κ1) is 16.0. The molecule has 3 rings (SSSR count). The minimum absolute atomic E-state index is 0.200. The zero-order valence-electron chi connectivity index (χ0n) is 12.5. The van der Waals surface area contributed by atoms with Crippen molar-refractivity contribution in [3.8, 4) is 0 Å². The molecule has 0 atom stereocenters. The van der Waals surface area contributed by atoms with Crippen molar-refractivity contribution in [3.63, 3.8) is 0 Å². The Morgan fingerprint density at radius 3 is 2.57 bits per heavy atom. The van der Waals surface area contributed by atoms with Crippen LogP contribution in [-0.2, 0) is 16.9 Å². The van der Waals surface area contributed by atoms with E-state index in [9.17, 15) is 9.18 Å². The van der Waals surface area contributed by atoms with Crippen LogP contribution in [0.15, 0.2) is 53.0 Å². The zero-order valence-corrected chi connectivity index (χ0v) is 14.1. The average Bonchev–Trinajstić information content (AvgIpc) is 2.50. The third-order valence-corrected chi connectivity index (χ3v) is 4.70. The quantitative estimate of drug-likeness (QED) is 0.823. The summed E-state index contributed by atoms with van der Waals surface area (Å²) >= 11 is 3.25. The maximum atomic E-state index is 14.2. The lowest BCUT2D eigenvalue weighted by atomic mass is 9.71. The van der Waals surface area contributed by atoms with Gasteiger partial charge in [0.25, 0.3) is 0 Å². The maximum absolute atomic E-state index is 14.2. The highest BCUT2D eigenvalue weighted by Crippen LogP contribution is 2.42. The summed E-state index contributed by atoms with van der Waals surface area (Å²) in [4.78, 5) is 12.1. The van der Waals surface area contributed by atoms with Crippen molar-refractivity contribution in [2.24, 2.45) is 0 Å². The second-order valence-electron chi connectivity index (χ2n) is 5.75. The van der Waals surface area contributed by atoms with Gasteiger partial charge in [0.05, 0.1) is 5.54 Å². The van der Waals surface area contributed by atoms with Crippen molar-refractivity contribution in [3.05, 3.63) is 69.9 Å². The number of benzene rings is 2. The van der Waals surface area contributed by atoms with E-state index in [1.807, 2.05) is 30.3 Å². The molecule has 1 saturated carbocycles. The number of halogens is 2. The number of nitrogens with one attached hydrogen (secondary N) is 1. The van der Waals surface area contributed by atoms with Gasteiger partial charge in [0.1, 0.15) is 12.4 Å². The molecule has 0 radical (unpaired) electrons. The van der Waals surface area contributed by atoms with E-state index >= 15 is 0 Å². The van der Waals surface area contributed by atoms with Crippen molar-refractivity contribution in [2.45, 2.75) is 31.4 Å². The summed E-state index contributed by atoms with van der Waals surface area (Å²) in [7, 11) is 0. The van der Waals surface area contributed by atoms with Gasteiger partial charge >= 0.3 is 6.09 Å². The van der Waals surface area contributed by atoms with Gasteiger partial charge in [-0.2, -0.15) is 0 Å². The van der Waals surface area contributed by atoms with Crippen molar-refractivity contribution in [1.82, 2.24) is 5.32 Å². The molecule has 0 aliphatic heterocycles. The fourth-order valence-corrected chi connectivity index (χ4v) is 3.16. The van der Waals surface area contributed by atoms with Crippen LogP contribution in [0.2, 0.25) is 0 Å². The monoisotopic (exact) mass is 377 g/mol. The van der Waals surface area contributed by atoms with Crippen molar-refractivity contribution in [1.29, 1.82) is 0 Å². The van der Waals surface area contributed by atoms with Crippen LogP contribution in [0.5, 0.6) is 0 Å². The normalized spacial score (nSPS) is 15.6. The predicted molar refractivity (Wildman–Crippen MR) is 89.4 cm³/mol. The SMILES string of the molecule is O=C(NC1(c2ccc(Br)cc2F)CCC1)OCc1ccccc1. The topological polar surface area (TPSA) is 38.3 Å². The minimum atomic E-state index is -0.654. The standard InChI is InChI=1S/C18H17BrFNO2/c19-14-7-8-15(16(20)11-14)18(9-4-10-18)21-17(22)23-12-13-5-2-1-3-6-13/h1-3,5-8,11H,4,9-10,12H2,(H,21,22). The molecule has 2 aromatic rings. The fraction of sp³-hybridized carbons (Fsp3) is 0.278. The van der Waals surface area contributed by atoms with E-state index < -0.39 is 11.6 Å². The van der Waals surface area contributed by atoms with Crippen LogP contribution >= 0.6 is 15.9 Å². The van der Waals surface area contributed by atoms with Gasteiger partial charge < -0.3 is 10.1 Å². The summed E-state index contributed by atoms with van der Waals surface area (Å²) in [6.45, 7) is 0.200. The van der Waals surface area contributed by atoms with E-state index in [0.717, 1.165) is 12.0 Å². The number of alkyl carbamates (subject to hydrolysis) is 1. The molecule has 23 heavy (non-hydrogen) atoms. The Morgan fingerprint density at radius 1 is 1.22 bits per heavy atom. The van der Waals surface area contributed by atoms with Crippen LogP contribution < -0.4 is 5.32 Å². The molecule has 0 aromatic heterocycles. The fourth-order valence-electron chi connectivity index (χ4n) is 2.82. The Balaban J connectivity index is 1.68. The molecule has 0 bridgehead atoms. The third-order valence-electron chi connectivity index (χ3n) is 4.21. The average molecular weight is 378 g/mol. The van der Waals surface area contributed by atoms with Crippen LogP contribution in [0.1, 0.15) is 30.4 Å². The van der Waals surface area contributed by atoms with Gasteiger partial charge in [-0.25, -0.2) is 9.18 Å². The lowest BCUT2D eigenvalue weighted by Gasteiger charge is -2.42. The number of ether oxygens (including phenoxy) is 1. The van der Waals surface area contributed by atoms with Gasteiger partial charge in [0.2, 0.25) is 0 Å². The highest BCUT2D eigenvalue weighted by atomic mass is 79.9. The Hall–Kier alpha value is -1.88. The number of hydrogen-bond donors (Lipinski definition) is 1. The van der Waals surface area contributed by atoms with Gasteiger partial charge in [0.15, 0.2) is 0 Å². The zero-order chi connectivity index (χ0) is 16.3. The molecule has 0 spiro atoms. The molecule has 0 unspecified atom stereocenters. The van der Waals surface area contributed by atoms with Crippen molar-refractivity contribution < 1.29 is 13.9 Å². The van der Waals surface area contributed by atoms with Gasteiger partial charge in [-0.15, -0.1) is 0 Å². The van der Waals surface area contributed by atoms with Crippen molar-refractivity contribution in [2.75, 3.05) is 0 Å². The van der Waals surface area contributed by atoms with Crippen LogP contribution in [0.25, 0.3) is 0 Å². The molecule has 1 N–H and O–H groups in total. The Kier molecular flexibility index (Phi) is 4.66. The molecule has 1 aliphatic rings. The summed E-state index contributed by atoms with van der Waals surface area (Å²) in [5.74, 6) is -0.317. The number of rotatable bonds is 4. The first-order valence-electron chi connectivity index (χ1n) is 7.53. The highest BCUT2D eigenvalue weighted by molar-refractivity contribution is 9.10. The van der Waals surface area contributed by atoms with Crippen molar-refractivity contribution >= 4 is 22.0 Å². The number of amides is 1. The number of hydrogen-bond acceptors (Lipinski definition) is 2. The van der Waals surface area contributed by atoms with Gasteiger partial charge in [-0.05, 0) is 37.0 Å². The number of carbonyl (C=O) groups excluding carboxylic acids is 1. The van der Waals surface area contributed by atoms with E-state index in [1.54, 1.807) is 12.1 Å². The molecular weight excluding hydrogens is 361 g/mol. The summed E-state index contributed by atoms with van der Waals surface area (Å²) in [6, 6.07) is 14.4. The van der Waals surface area contributed by atoms with Crippen LogP contribution in [0.3, 0.4) is 0 Å². The van der Waals surface area contributed by atoms with E-state index in [4.69, 9.17) is 4.74 Å².